The quantitative estimate of drug-likeness (QED) is 0.715. The molecular formula is C8H12F3NO. The lowest BCUT2D eigenvalue weighted by Crippen LogP contribution is -2.54. The summed E-state index contributed by atoms with van der Waals surface area (Å²) in [7, 11) is 0. The van der Waals surface area contributed by atoms with E-state index in [1.54, 1.807) is 6.92 Å². The summed E-state index contributed by atoms with van der Waals surface area (Å²) in [5.41, 5.74) is -2.08. The average molecular weight is 195 g/mol. The number of nitrogens with one attached hydrogen (secondary N) is 1. The van der Waals surface area contributed by atoms with Gasteiger partial charge >= 0.3 is 6.18 Å². The van der Waals surface area contributed by atoms with Gasteiger partial charge in [0.15, 0.2) is 0 Å². The molecule has 76 valence electrons. The molecule has 1 aliphatic carbocycles. The van der Waals surface area contributed by atoms with Gasteiger partial charge in [-0.25, -0.2) is 0 Å². The minimum Gasteiger partial charge on any atom is -0.356 e. The summed E-state index contributed by atoms with van der Waals surface area (Å²) < 4.78 is 37.4. The molecule has 0 saturated heterocycles. The van der Waals surface area contributed by atoms with Gasteiger partial charge in [-0.3, -0.25) is 4.79 Å². The Morgan fingerprint density at radius 1 is 1.46 bits per heavy atom. The van der Waals surface area contributed by atoms with E-state index in [2.05, 4.69) is 5.32 Å². The summed E-state index contributed by atoms with van der Waals surface area (Å²) >= 11 is 0. The van der Waals surface area contributed by atoms with Crippen molar-refractivity contribution in [1.82, 2.24) is 5.32 Å². The molecule has 1 fully saturated rings. The molecular weight excluding hydrogens is 183 g/mol. The Bertz CT molecular complexity index is 208. The minimum absolute atomic E-state index is 0.0671. The molecule has 0 unspecified atom stereocenters. The van der Waals surface area contributed by atoms with Crippen molar-refractivity contribution in [2.75, 3.05) is 6.54 Å². The van der Waals surface area contributed by atoms with Crippen LogP contribution >= 0.6 is 0 Å². The van der Waals surface area contributed by atoms with Crippen LogP contribution in [-0.2, 0) is 4.79 Å². The van der Waals surface area contributed by atoms with Crippen molar-refractivity contribution in [3.8, 4) is 0 Å². The molecule has 1 saturated carbocycles. The third-order valence-electron chi connectivity index (χ3n) is 2.52. The topological polar surface area (TPSA) is 29.1 Å². The predicted molar refractivity (Wildman–Crippen MR) is 41.0 cm³/mol. The van der Waals surface area contributed by atoms with Crippen molar-refractivity contribution in [3.63, 3.8) is 0 Å². The van der Waals surface area contributed by atoms with E-state index in [0.29, 0.717) is 6.42 Å². The number of hydrogen-bond acceptors (Lipinski definition) is 1. The zero-order chi connectivity index (χ0) is 10.1. The first kappa shape index (κ1) is 10.3. The van der Waals surface area contributed by atoms with E-state index >= 15 is 0 Å². The van der Waals surface area contributed by atoms with Gasteiger partial charge in [-0.2, -0.15) is 13.2 Å². The van der Waals surface area contributed by atoms with E-state index in [-0.39, 0.29) is 19.4 Å². The summed E-state index contributed by atoms with van der Waals surface area (Å²) in [6.45, 7) is 1.86. The Morgan fingerprint density at radius 3 is 2.23 bits per heavy atom. The molecule has 2 nitrogen and oxygen atoms in total. The molecule has 0 heterocycles. The zero-order valence-corrected chi connectivity index (χ0v) is 7.37. The normalized spacial score (nSPS) is 20.6. The van der Waals surface area contributed by atoms with Crippen LogP contribution in [0.5, 0.6) is 0 Å². The van der Waals surface area contributed by atoms with Crippen molar-refractivity contribution in [2.45, 2.75) is 32.4 Å². The number of rotatable bonds is 2. The monoisotopic (exact) mass is 195 g/mol. The first-order valence-electron chi connectivity index (χ1n) is 4.29. The highest BCUT2D eigenvalue weighted by molar-refractivity contribution is 5.84. The van der Waals surface area contributed by atoms with Crippen LogP contribution in [0.3, 0.4) is 0 Å². The molecule has 0 spiro atoms. The highest BCUT2D eigenvalue weighted by Crippen LogP contribution is 2.53. The second-order valence-electron chi connectivity index (χ2n) is 3.29. The van der Waals surface area contributed by atoms with Crippen LogP contribution in [0.15, 0.2) is 0 Å². The fourth-order valence-electron chi connectivity index (χ4n) is 1.50. The molecule has 0 radical (unpaired) electrons. The standard InChI is InChI=1S/C8H12F3NO/c1-2-12-6(13)7(4-3-5-7)8(9,10)11/h2-5H2,1H3,(H,12,13). The summed E-state index contributed by atoms with van der Waals surface area (Å²) in [6.07, 6.45) is -4.05. The summed E-state index contributed by atoms with van der Waals surface area (Å²) in [6, 6.07) is 0. The average Bonchev–Trinajstić information content (AvgIpc) is 1.80. The Morgan fingerprint density at radius 2 is 2.00 bits per heavy atom. The lowest BCUT2D eigenvalue weighted by molar-refractivity contribution is -0.243. The van der Waals surface area contributed by atoms with Crippen LogP contribution in [0.4, 0.5) is 13.2 Å². The van der Waals surface area contributed by atoms with E-state index in [9.17, 15) is 18.0 Å². The van der Waals surface area contributed by atoms with E-state index in [0.717, 1.165) is 0 Å². The third kappa shape index (κ3) is 1.51. The highest BCUT2D eigenvalue weighted by Gasteiger charge is 2.63. The first-order chi connectivity index (χ1) is 5.94. The second-order valence-corrected chi connectivity index (χ2v) is 3.29. The predicted octanol–water partition coefficient (Wildman–Crippen LogP) is 1.86. The number of amides is 1. The van der Waals surface area contributed by atoms with E-state index in [1.807, 2.05) is 0 Å². The van der Waals surface area contributed by atoms with Crippen molar-refractivity contribution in [1.29, 1.82) is 0 Å². The van der Waals surface area contributed by atoms with E-state index < -0.39 is 17.5 Å². The van der Waals surface area contributed by atoms with Gasteiger partial charge in [0.05, 0.1) is 0 Å². The molecule has 1 amide bonds. The summed E-state index contributed by atoms with van der Waals surface area (Å²) in [5, 5.41) is 2.24. The van der Waals surface area contributed by atoms with Crippen LogP contribution in [-0.4, -0.2) is 18.6 Å². The van der Waals surface area contributed by atoms with Gasteiger partial charge in [-0.05, 0) is 19.8 Å². The molecule has 0 atom stereocenters. The van der Waals surface area contributed by atoms with Gasteiger partial charge in [-0.15, -0.1) is 0 Å². The zero-order valence-electron chi connectivity index (χ0n) is 7.37. The second kappa shape index (κ2) is 3.20. The van der Waals surface area contributed by atoms with Gasteiger partial charge in [0.2, 0.25) is 5.91 Å². The highest BCUT2D eigenvalue weighted by atomic mass is 19.4. The van der Waals surface area contributed by atoms with Crippen molar-refractivity contribution < 1.29 is 18.0 Å². The first-order valence-corrected chi connectivity index (χ1v) is 4.29. The Balaban J connectivity index is 2.76. The van der Waals surface area contributed by atoms with Crippen LogP contribution in [0.25, 0.3) is 0 Å². The minimum atomic E-state index is -4.40. The number of carbonyl (C=O) groups excluding carboxylic acids is 1. The van der Waals surface area contributed by atoms with Crippen molar-refractivity contribution >= 4 is 5.91 Å². The fraction of sp³-hybridized carbons (Fsp3) is 0.875. The van der Waals surface area contributed by atoms with Gasteiger partial charge < -0.3 is 5.32 Å². The Kier molecular flexibility index (Phi) is 2.54. The molecule has 1 N–H and O–H groups in total. The van der Waals surface area contributed by atoms with Crippen molar-refractivity contribution in [3.05, 3.63) is 0 Å². The van der Waals surface area contributed by atoms with Gasteiger partial charge in [0.25, 0.3) is 0 Å². The maximum atomic E-state index is 12.5. The third-order valence-corrected chi connectivity index (χ3v) is 2.52. The number of hydrogen-bond donors (Lipinski definition) is 1. The maximum absolute atomic E-state index is 12.5. The van der Waals surface area contributed by atoms with Gasteiger partial charge in [-0.1, -0.05) is 6.42 Å². The number of alkyl halides is 3. The number of halogens is 3. The van der Waals surface area contributed by atoms with Gasteiger partial charge in [0, 0.05) is 6.54 Å². The molecule has 13 heavy (non-hydrogen) atoms. The van der Waals surface area contributed by atoms with Crippen LogP contribution in [0.1, 0.15) is 26.2 Å². The smallest absolute Gasteiger partial charge is 0.356 e. The largest absolute Gasteiger partial charge is 0.403 e. The van der Waals surface area contributed by atoms with Gasteiger partial charge in [0.1, 0.15) is 5.41 Å². The summed E-state index contributed by atoms with van der Waals surface area (Å²) in [5.74, 6) is -0.867. The van der Waals surface area contributed by atoms with Crippen LogP contribution in [0.2, 0.25) is 0 Å². The molecule has 5 heteroatoms. The molecule has 0 aromatic carbocycles. The molecule has 0 bridgehead atoms. The van der Waals surface area contributed by atoms with Crippen LogP contribution < -0.4 is 5.32 Å². The molecule has 0 aliphatic heterocycles. The van der Waals surface area contributed by atoms with Crippen molar-refractivity contribution in [2.24, 2.45) is 5.41 Å². The summed E-state index contributed by atoms with van der Waals surface area (Å²) in [4.78, 5) is 11.2. The fourth-order valence-corrected chi connectivity index (χ4v) is 1.50. The molecule has 0 aromatic heterocycles. The number of carbonyl (C=O) groups is 1. The molecule has 1 aliphatic rings. The maximum Gasteiger partial charge on any atom is 0.403 e. The van der Waals surface area contributed by atoms with E-state index in [1.165, 1.54) is 0 Å². The van der Waals surface area contributed by atoms with E-state index in [4.69, 9.17) is 0 Å². The lowest BCUT2D eigenvalue weighted by atomic mass is 9.67. The Labute approximate surface area is 74.5 Å². The van der Waals surface area contributed by atoms with Crippen LogP contribution in [0, 0.1) is 5.41 Å². The Hall–Kier alpha value is -0.740. The molecule has 1 rings (SSSR count). The SMILES string of the molecule is CCNC(=O)C1(C(F)(F)F)CCC1. The molecule has 0 aromatic rings. The lowest BCUT2D eigenvalue weighted by Gasteiger charge is -2.41.